The van der Waals surface area contributed by atoms with Gasteiger partial charge in [0, 0.05) is 56.1 Å². The third-order valence-corrected chi connectivity index (χ3v) is 9.73. The maximum absolute atomic E-state index is 16.1. The van der Waals surface area contributed by atoms with Gasteiger partial charge >= 0.3 is 12.1 Å². The molecule has 2 atom stereocenters. The minimum Gasteiger partial charge on any atom is -0.480 e. The molecule has 5 aromatic rings. The topological polar surface area (TPSA) is 104 Å². The van der Waals surface area contributed by atoms with E-state index in [4.69, 9.17) is 9.47 Å². The first-order valence-electron chi connectivity index (χ1n) is 17.0. The SMILES string of the molecule is O=C(N[C@@H](Cc1cccc2c(-c3cccc4ccncc34)cccc12)C(=O)O)c1c(F)cc(N2CCOC[C@@H]2C(F)(F)F)cc1CN1CCOCC1. The van der Waals surface area contributed by atoms with E-state index in [0.29, 0.717) is 31.9 Å². The lowest BCUT2D eigenvalue weighted by Gasteiger charge is -2.38. The molecule has 9 nitrogen and oxygen atoms in total. The van der Waals surface area contributed by atoms with Crippen LogP contribution in [0, 0.1) is 5.82 Å². The highest BCUT2D eigenvalue weighted by Gasteiger charge is 2.46. The number of ether oxygens (including phenoxy) is 2. The smallest absolute Gasteiger partial charge is 0.411 e. The predicted molar refractivity (Wildman–Crippen MR) is 188 cm³/mol. The van der Waals surface area contributed by atoms with Gasteiger partial charge < -0.3 is 24.8 Å². The third kappa shape index (κ3) is 7.29. The number of fused-ring (bicyclic) bond motifs is 2. The Hall–Kier alpha value is -5.11. The number of nitrogens with one attached hydrogen (secondary N) is 1. The number of nitrogens with zero attached hydrogens (tertiary/aromatic N) is 3. The minimum absolute atomic E-state index is 0.0182. The largest absolute Gasteiger partial charge is 0.480 e. The fraction of sp³-hybridized carbons (Fsp3) is 0.308. The average Bonchev–Trinajstić information content (AvgIpc) is 3.14. The number of anilines is 1. The third-order valence-electron chi connectivity index (χ3n) is 9.73. The number of aromatic nitrogens is 1. The van der Waals surface area contributed by atoms with E-state index in [2.05, 4.69) is 10.3 Å². The summed E-state index contributed by atoms with van der Waals surface area (Å²) in [6, 6.07) is 18.1. The van der Waals surface area contributed by atoms with Gasteiger partial charge in [-0.3, -0.25) is 14.7 Å². The highest BCUT2D eigenvalue weighted by atomic mass is 19.4. The van der Waals surface area contributed by atoms with Crippen molar-refractivity contribution in [3.05, 3.63) is 108 Å². The highest BCUT2D eigenvalue weighted by molar-refractivity contribution is 6.06. The molecule has 2 N–H and O–H groups in total. The van der Waals surface area contributed by atoms with E-state index in [-0.39, 0.29) is 37.4 Å². The molecule has 7 rings (SSSR count). The summed E-state index contributed by atoms with van der Waals surface area (Å²) in [5, 5.41) is 16.5. The molecule has 52 heavy (non-hydrogen) atoms. The van der Waals surface area contributed by atoms with Gasteiger partial charge in [0.15, 0.2) is 0 Å². The molecule has 0 aliphatic carbocycles. The zero-order valence-electron chi connectivity index (χ0n) is 28.0. The molecule has 0 radical (unpaired) electrons. The van der Waals surface area contributed by atoms with Gasteiger partial charge in [-0.2, -0.15) is 13.2 Å². The first kappa shape index (κ1) is 35.3. The highest BCUT2D eigenvalue weighted by Crippen LogP contribution is 2.36. The van der Waals surface area contributed by atoms with Gasteiger partial charge in [-0.25, -0.2) is 9.18 Å². The second-order valence-electron chi connectivity index (χ2n) is 13.0. The first-order chi connectivity index (χ1) is 25.1. The lowest BCUT2D eigenvalue weighted by Crippen LogP contribution is -2.53. The van der Waals surface area contributed by atoms with Crippen molar-refractivity contribution in [2.24, 2.45) is 0 Å². The second kappa shape index (κ2) is 14.9. The number of alkyl halides is 3. The summed E-state index contributed by atoms with van der Waals surface area (Å²) < 4.78 is 68.5. The number of hydrogen-bond donors (Lipinski definition) is 2. The molecule has 2 aliphatic heterocycles. The summed E-state index contributed by atoms with van der Waals surface area (Å²) in [7, 11) is 0. The van der Waals surface area contributed by atoms with Gasteiger partial charge in [0.2, 0.25) is 0 Å². The van der Waals surface area contributed by atoms with E-state index < -0.39 is 48.1 Å². The Morgan fingerprint density at radius 1 is 0.885 bits per heavy atom. The number of pyridine rings is 1. The number of carbonyl (C=O) groups is 2. The number of carbonyl (C=O) groups excluding carboxylic acids is 1. The van der Waals surface area contributed by atoms with Gasteiger partial charge in [-0.15, -0.1) is 0 Å². The molecule has 0 saturated carbocycles. The number of benzene rings is 4. The van der Waals surface area contributed by atoms with E-state index in [1.807, 2.05) is 59.5 Å². The van der Waals surface area contributed by atoms with Crippen LogP contribution in [0.25, 0.3) is 32.7 Å². The number of hydrogen-bond acceptors (Lipinski definition) is 7. The fourth-order valence-corrected chi connectivity index (χ4v) is 7.16. The molecular weight excluding hydrogens is 680 g/mol. The van der Waals surface area contributed by atoms with E-state index >= 15 is 4.39 Å². The van der Waals surface area contributed by atoms with Crippen LogP contribution < -0.4 is 10.2 Å². The maximum Gasteiger partial charge on any atom is 0.411 e. The van der Waals surface area contributed by atoms with E-state index in [9.17, 15) is 27.9 Å². The van der Waals surface area contributed by atoms with Crippen LogP contribution in [-0.2, 0) is 27.2 Å². The van der Waals surface area contributed by atoms with Crippen molar-refractivity contribution in [2.45, 2.75) is 31.2 Å². The quantitative estimate of drug-likeness (QED) is 0.174. The molecule has 13 heteroatoms. The van der Waals surface area contributed by atoms with Crippen molar-refractivity contribution in [3.8, 4) is 11.1 Å². The van der Waals surface area contributed by atoms with Gasteiger partial charge in [0.1, 0.15) is 17.9 Å². The van der Waals surface area contributed by atoms with Crippen LogP contribution in [0.5, 0.6) is 0 Å². The Morgan fingerprint density at radius 2 is 1.60 bits per heavy atom. The molecule has 1 aromatic heterocycles. The van der Waals surface area contributed by atoms with Crippen LogP contribution in [-0.4, -0.2) is 91.2 Å². The standard InChI is InChI=1S/C39H36F4N4O5/c40-33-20-27(47-14-17-52-23-35(47)39(41,42)43)18-26(22-46-12-15-51-16-13-46)36(33)37(48)45-34(38(49)50)19-25-5-2-7-29-28(25)6-3-9-30(29)31-8-1-4-24-10-11-44-21-32(24)31/h1-11,18,20-21,34-35H,12-17,19,22-23H2,(H,45,48)(H,49,50)/t34-,35+/m0/s1. The van der Waals surface area contributed by atoms with Crippen LogP contribution in [0.15, 0.2) is 85.2 Å². The maximum atomic E-state index is 16.1. The van der Waals surface area contributed by atoms with Crippen LogP contribution in [0.3, 0.4) is 0 Å². The number of carboxylic acids is 1. The number of amides is 1. The first-order valence-corrected chi connectivity index (χ1v) is 17.0. The summed E-state index contributed by atoms with van der Waals surface area (Å²) in [5.41, 5.74) is 2.23. The van der Waals surface area contributed by atoms with Crippen molar-refractivity contribution in [1.82, 2.24) is 15.2 Å². The van der Waals surface area contributed by atoms with E-state index in [1.165, 1.54) is 6.07 Å². The summed E-state index contributed by atoms with van der Waals surface area (Å²) in [4.78, 5) is 33.8. The van der Waals surface area contributed by atoms with Gasteiger partial charge in [0.25, 0.3) is 5.91 Å². The zero-order valence-corrected chi connectivity index (χ0v) is 28.0. The molecule has 270 valence electrons. The Kier molecular flexibility index (Phi) is 10.1. The fourth-order valence-electron chi connectivity index (χ4n) is 7.16. The van der Waals surface area contributed by atoms with Crippen molar-refractivity contribution < 1.29 is 41.7 Å². The Bertz CT molecular complexity index is 2120. The summed E-state index contributed by atoms with van der Waals surface area (Å²) in [6.07, 6.45) is -1.22. The van der Waals surface area contributed by atoms with Crippen LogP contribution in [0.1, 0.15) is 21.5 Å². The monoisotopic (exact) mass is 716 g/mol. The zero-order chi connectivity index (χ0) is 36.4. The number of morpholine rings is 2. The van der Waals surface area contributed by atoms with Crippen LogP contribution >= 0.6 is 0 Å². The molecule has 0 unspecified atom stereocenters. The molecule has 2 aliphatic rings. The van der Waals surface area contributed by atoms with E-state index in [1.54, 1.807) is 18.5 Å². The lowest BCUT2D eigenvalue weighted by atomic mass is 9.91. The van der Waals surface area contributed by atoms with Crippen LogP contribution in [0.2, 0.25) is 0 Å². The number of rotatable bonds is 9. The summed E-state index contributed by atoms with van der Waals surface area (Å²) in [5.74, 6) is -3.35. The molecule has 0 bridgehead atoms. The van der Waals surface area contributed by atoms with Crippen molar-refractivity contribution in [2.75, 3.05) is 51.0 Å². The molecular formula is C39H36F4N4O5. The summed E-state index contributed by atoms with van der Waals surface area (Å²) >= 11 is 0. The average molecular weight is 717 g/mol. The molecule has 2 saturated heterocycles. The molecule has 4 aromatic carbocycles. The second-order valence-corrected chi connectivity index (χ2v) is 13.0. The normalized spacial score (nSPS) is 17.7. The number of carboxylic acid groups (broad SMARTS) is 1. The number of aliphatic carboxylic acids is 1. The van der Waals surface area contributed by atoms with Gasteiger partial charge in [-0.05, 0) is 56.6 Å². The Morgan fingerprint density at radius 3 is 2.37 bits per heavy atom. The molecule has 1 amide bonds. The minimum atomic E-state index is -4.64. The van der Waals surface area contributed by atoms with Gasteiger partial charge in [0.05, 0.1) is 32.0 Å². The van der Waals surface area contributed by atoms with Crippen molar-refractivity contribution in [1.29, 1.82) is 0 Å². The lowest BCUT2D eigenvalue weighted by molar-refractivity contribution is -0.167. The molecule has 2 fully saturated rings. The summed E-state index contributed by atoms with van der Waals surface area (Å²) in [6.45, 7) is 1.05. The van der Waals surface area contributed by atoms with Crippen molar-refractivity contribution >= 4 is 39.1 Å². The molecule has 0 spiro atoms. The van der Waals surface area contributed by atoms with E-state index in [0.717, 1.165) is 43.6 Å². The number of halogens is 4. The predicted octanol–water partition coefficient (Wildman–Crippen LogP) is 6.22. The van der Waals surface area contributed by atoms with Crippen molar-refractivity contribution in [3.63, 3.8) is 0 Å². The Labute approximate surface area is 296 Å². The van der Waals surface area contributed by atoms with Gasteiger partial charge in [-0.1, -0.05) is 54.6 Å². The Balaban J connectivity index is 1.21. The van der Waals surface area contributed by atoms with Crippen LogP contribution in [0.4, 0.5) is 23.2 Å². The molecule has 3 heterocycles.